The molecule has 3 heteroatoms. The van der Waals surface area contributed by atoms with Crippen LogP contribution in [0.1, 0.15) is 58.8 Å². The summed E-state index contributed by atoms with van der Waals surface area (Å²) in [6.07, 6.45) is 7.27. The second-order valence-electron chi connectivity index (χ2n) is 6.39. The molecule has 0 aliphatic heterocycles. The van der Waals surface area contributed by atoms with E-state index in [0.29, 0.717) is 12.5 Å². The van der Waals surface area contributed by atoms with E-state index in [9.17, 15) is 4.79 Å². The number of hydrogen-bond donors (Lipinski definition) is 2. The van der Waals surface area contributed by atoms with Gasteiger partial charge in [-0.25, -0.2) is 0 Å². The molecule has 2 saturated carbocycles. The second-order valence-corrected chi connectivity index (χ2v) is 6.39. The first-order chi connectivity index (χ1) is 7.41. The summed E-state index contributed by atoms with van der Waals surface area (Å²) in [7, 11) is 0. The fraction of sp³-hybridized carbons (Fsp3) is 0.923. The molecule has 2 aliphatic carbocycles. The van der Waals surface area contributed by atoms with Crippen molar-refractivity contribution < 1.29 is 4.79 Å². The standard InChI is InChI=1S/C13H24N2O/c1-12(2)6-3-5-10(12)15-11(16)9-13(14)7-4-8-13/h10H,3-9,14H2,1-2H3,(H,15,16). The Labute approximate surface area is 98.2 Å². The normalized spacial score (nSPS) is 30.8. The van der Waals surface area contributed by atoms with Gasteiger partial charge in [0.2, 0.25) is 5.91 Å². The molecule has 0 aromatic rings. The van der Waals surface area contributed by atoms with Gasteiger partial charge in [-0.2, -0.15) is 0 Å². The summed E-state index contributed by atoms with van der Waals surface area (Å²) in [5.74, 6) is 0.155. The van der Waals surface area contributed by atoms with Crippen molar-refractivity contribution in [3.8, 4) is 0 Å². The third kappa shape index (κ3) is 2.40. The van der Waals surface area contributed by atoms with Gasteiger partial charge in [-0.15, -0.1) is 0 Å². The van der Waals surface area contributed by atoms with Gasteiger partial charge in [0.25, 0.3) is 0 Å². The van der Waals surface area contributed by atoms with Crippen LogP contribution in [0.3, 0.4) is 0 Å². The highest BCUT2D eigenvalue weighted by Crippen LogP contribution is 2.38. The van der Waals surface area contributed by atoms with Crippen molar-refractivity contribution in [2.45, 2.75) is 70.4 Å². The Kier molecular flexibility index (Phi) is 2.99. The highest BCUT2D eigenvalue weighted by Gasteiger charge is 2.38. The number of amides is 1. The summed E-state index contributed by atoms with van der Waals surface area (Å²) in [5, 5.41) is 3.17. The van der Waals surface area contributed by atoms with Crippen molar-refractivity contribution in [1.82, 2.24) is 5.32 Å². The average Bonchev–Trinajstić information content (AvgIpc) is 2.43. The molecule has 0 aromatic carbocycles. The first-order valence-corrected chi connectivity index (χ1v) is 6.50. The quantitative estimate of drug-likeness (QED) is 0.770. The van der Waals surface area contributed by atoms with E-state index in [-0.39, 0.29) is 16.9 Å². The molecule has 0 radical (unpaired) electrons. The lowest BCUT2D eigenvalue weighted by Crippen LogP contribution is -2.52. The third-order valence-electron chi connectivity index (χ3n) is 4.45. The molecule has 1 unspecified atom stereocenters. The van der Waals surface area contributed by atoms with Crippen molar-refractivity contribution >= 4 is 5.91 Å². The lowest BCUT2D eigenvalue weighted by molar-refractivity contribution is -0.124. The fourth-order valence-electron chi connectivity index (χ4n) is 2.97. The molecule has 3 nitrogen and oxygen atoms in total. The molecule has 2 rings (SSSR count). The highest BCUT2D eigenvalue weighted by atomic mass is 16.1. The predicted molar refractivity (Wildman–Crippen MR) is 64.9 cm³/mol. The van der Waals surface area contributed by atoms with Gasteiger partial charge in [0, 0.05) is 18.0 Å². The maximum Gasteiger partial charge on any atom is 0.222 e. The Balaban J connectivity index is 1.83. The summed E-state index contributed by atoms with van der Waals surface area (Å²) in [4.78, 5) is 11.9. The first-order valence-electron chi connectivity index (χ1n) is 6.50. The van der Waals surface area contributed by atoms with Crippen LogP contribution in [0.4, 0.5) is 0 Å². The van der Waals surface area contributed by atoms with E-state index in [2.05, 4.69) is 19.2 Å². The summed E-state index contributed by atoms with van der Waals surface area (Å²) >= 11 is 0. The van der Waals surface area contributed by atoms with Crippen LogP contribution in [-0.2, 0) is 4.79 Å². The SMILES string of the molecule is CC1(C)CCCC1NC(=O)CC1(N)CCC1. The Bertz CT molecular complexity index is 282. The van der Waals surface area contributed by atoms with Crippen LogP contribution >= 0.6 is 0 Å². The lowest BCUT2D eigenvalue weighted by Gasteiger charge is -2.38. The van der Waals surface area contributed by atoms with E-state index >= 15 is 0 Å². The maximum absolute atomic E-state index is 11.9. The van der Waals surface area contributed by atoms with Gasteiger partial charge in [-0.3, -0.25) is 4.79 Å². The summed E-state index contributed by atoms with van der Waals surface area (Å²) in [6, 6.07) is 0.351. The number of nitrogens with two attached hydrogens (primary N) is 1. The zero-order chi connectivity index (χ0) is 11.8. The van der Waals surface area contributed by atoms with Gasteiger partial charge in [0.15, 0.2) is 0 Å². The van der Waals surface area contributed by atoms with E-state index in [1.54, 1.807) is 0 Å². The van der Waals surface area contributed by atoms with Gasteiger partial charge in [0.05, 0.1) is 0 Å². The predicted octanol–water partition coefficient (Wildman–Crippen LogP) is 1.95. The van der Waals surface area contributed by atoms with Crippen LogP contribution in [0.5, 0.6) is 0 Å². The van der Waals surface area contributed by atoms with E-state index in [1.165, 1.54) is 19.3 Å². The van der Waals surface area contributed by atoms with Crippen LogP contribution in [-0.4, -0.2) is 17.5 Å². The van der Waals surface area contributed by atoms with Crippen molar-refractivity contribution in [1.29, 1.82) is 0 Å². The van der Waals surface area contributed by atoms with Crippen LogP contribution in [0.15, 0.2) is 0 Å². The topological polar surface area (TPSA) is 55.1 Å². The average molecular weight is 224 g/mol. The number of carbonyl (C=O) groups is 1. The van der Waals surface area contributed by atoms with Crippen molar-refractivity contribution in [3.05, 3.63) is 0 Å². The number of hydrogen-bond acceptors (Lipinski definition) is 2. The van der Waals surface area contributed by atoms with Gasteiger partial charge >= 0.3 is 0 Å². The molecule has 0 spiro atoms. The summed E-state index contributed by atoms with van der Waals surface area (Å²) < 4.78 is 0. The molecule has 3 N–H and O–H groups in total. The smallest absolute Gasteiger partial charge is 0.222 e. The van der Waals surface area contributed by atoms with Gasteiger partial charge in [-0.05, 0) is 37.5 Å². The van der Waals surface area contributed by atoms with E-state index in [4.69, 9.17) is 5.73 Å². The summed E-state index contributed by atoms with van der Waals surface area (Å²) in [6.45, 7) is 4.49. The van der Waals surface area contributed by atoms with Gasteiger partial charge in [-0.1, -0.05) is 20.3 Å². The highest BCUT2D eigenvalue weighted by molar-refractivity contribution is 5.77. The largest absolute Gasteiger partial charge is 0.353 e. The Morgan fingerprint density at radius 2 is 2.00 bits per heavy atom. The van der Waals surface area contributed by atoms with Crippen LogP contribution < -0.4 is 11.1 Å². The zero-order valence-electron chi connectivity index (χ0n) is 10.5. The number of carbonyl (C=O) groups excluding carboxylic acids is 1. The van der Waals surface area contributed by atoms with Crippen molar-refractivity contribution in [2.75, 3.05) is 0 Å². The minimum atomic E-state index is -0.188. The molecule has 2 aliphatic rings. The fourth-order valence-corrected chi connectivity index (χ4v) is 2.97. The van der Waals surface area contributed by atoms with Gasteiger partial charge < -0.3 is 11.1 Å². The second kappa shape index (κ2) is 4.02. The minimum absolute atomic E-state index is 0.155. The van der Waals surface area contributed by atoms with Crippen molar-refractivity contribution in [2.24, 2.45) is 11.1 Å². The molecule has 92 valence electrons. The minimum Gasteiger partial charge on any atom is -0.353 e. The van der Waals surface area contributed by atoms with Crippen molar-refractivity contribution in [3.63, 3.8) is 0 Å². The van der Waals surface area contributed by atoms with Gasteiger partial charge in [0.1, 0.15) is 0 Å². The molecular formula is C13H24N2O. The van der Waals surface area contributed by atoms with Crippen LogP contribution in [0.25, 0.3) is 0 Å². The van der Waals surface area contributed by atoms with E-state index < -0.39 is 0 Å². The first kappa shape index (κ1) is 11.9. The Hall–Kier alpha value is -0.570. The molecule has 0 heterocycles. The zero-order valence-corrected chi connectivity index (χ0v) is 10.5. The maximum atomic E-state index is 11.9. The van der Waals surface area contributed by atoms with E-state index in [0.717, 1.165) is 19.3 Å². The molecular weight excluding hydrogens is 200 g/mol. The molecule has 0 bridgehead atoms. The molecule has 2 fully saturated rings. The molecule has 0 aromatic heterocycles. The molecule has 1 amide bonds. The lowest BCUT2D eigenvalue weighted by atomic mass is 9.75. The van der Waals surface area contributed by atoms with E-state index in [1.807, 2.05) is 0 Å². The monoisotopic (exact) mass is 224 g/mol. The third-order valence-corrected chi connectivity index (χ3v) is 4.45. The Morgan fingerprint density at radius 1 is 1.31 bits per heavy atom. The molecule has 0 saturated heterocycles. The Morgan fingerprint density at radius 3 is 2.44 bits per heavy atom. The van der Waals surface area contributed by atoms with Crippen LogP contribution in [0, 0.1) is 5.41 Å². The molecule has 16 heavy (non-hydrogen) atoms. The van der Waals surface area contributed by atoms with Crippen LogP contribution in [0.2, 0.25) is 0 Å². The summed E-state index contributed by atoms with van der Waals surface area (Å²) in [5.41, 5.74) is 6.16. The number of rotatable bonds is 3. The molecule has 1 atom stereocenters. The number of nitrogens with one attached hydrogen (secondary N) is 1.